The van der Waals surface area contributed by atoms with Crippen LogP contribution < -0.4 is 10.6 Å². The van der Waals surface area contributed by atoms with E-state index in [-0.39, 0.29) is 24.9 Å². The molecule has 5 nitrogen and oxygen atoms in total. The number of rotatable bonds is 4. The van der Waals surface area contributed by atoms with Crippen LogP contribution in [0.5, 0.6) is 0 Å². The van der Waals surface area contributed by atoms with Crippen LogP contribution in [0.4, 0.5) is 0 Å². The highest BCUT2D eigenvalue weighted by Crippen LogP contribution is 2.13. The Labute approximate surface area is 82.9 Å². The lowest BCUT2D eigenvalue weighted by molar-refractivity contribution is -0.137. The SMILES string of the molecule is CC1CCNC1C(=O)NCCC(=O)O. The molecule has 0 radical (unpaired) electrons. The molecule has 5 heteroatoms. The van der Waals surface area contributed by atoms with E-state index >= 15 is 0 Å². The van der Waals surface area contributed by atoms with Gasteiger partial charge in [0.05, 0.1) is 12.5 Å². The van der Waals surface area contributed by atoms with Crippen LogP contribution in [0.15, 0.2) is 0 Å². The van der Waals surface area contributed by atoms with Crippen LogP contribution in [0.1, 0.15) is 19.8 Å². The summed E-state index contributed by atoms with van der Waals surface area (Å²) in [6, 6.07) is -0.149. The second-order valence-electron chi connectivity index (χ2n) is 3.63. The van der Waals surface area contributed by atoms with Gasteiger partial charge in [0.1, 0.15) is 0 Å². The zero-order valence-electron chi connectivity index (χ0n) is 8.25. The van der Waals surface area contributed by atoms with Crippen molar-refractivity contribution in [1.29, 1.82) is 0 Å². The molecule has 1 fully saturated rings. The van der Waals surface area contributed by atoms with E-state index in [1.165, 1.54) is 0 Å². The summed E-state index contributed by atoms with van der Waals surface area (Å²) in [4.78, 5) is 21.7. The van der Waals surface area contributed by atoms with Gasteiger partial charge in [-0.2, -0.15) is 0 Å². The van der Waals surface area contributed by atoms with Crippen molar-refractivity contribution in [3.63, 3.8) is 0 Å². The lowest BCUT2D eigenvalue weighted by Crippen LogP contribution is -2.43. The first kappa shape index (κ1) is 11.0. The van der Waals surface area contributed by atoms with Gasteiger partial charge in [-0.05, 0) is 18.9 Å². The van der Waals surface area contributed by atoms with Crippen LogP contribution in [0.3, 0.4) is 0 Å². The highest BCUT2D eigenvalue weighted by Gasteiger charge is 2.28. The van der Waals surface area contributed by atoms with Crippen molar-refractivity contribution in [3.8, 4) is 0 Å². The Bertz CT molecular complexity index is 230. The van der Waals surface area contributed by atoms with Crippen LogP contribution in [0, 0.1) is 5.92 Å². The monoisotopic (exact) mass is 200 g/mol. The molecule has 1 heterocycles. The molecule has 14 heavy (non-hydrogen) atoms. The molecule has 1 saturated heterocycles. The van der Waals surface area contributed by atoms with E-state index in [0.717, 1.165) is 13.0 Å². The van der Waals surface area contributed by atoms with Crippen molar-refractivity contribution >= 4 is 11.9 Å². The fourth-order valence-corrected chi connectivity index (χ4v) is 1.59. The molecule has 0 aliphatic carbocycles. The molecule has 2 unspecified atom stereocenters. The molecular formula is C9H16N2O3. The predicted molar refractivity (Wildman–Crippen MR) is 50.8 cm³/mol. The van der Waals surface area contributed by atoms with Gasteiger partial charge < -0.3 is 15.7 Å². The quantitative estimate of drug-likeness (QED) is 0.575. The number of carbonyl (C=O) groups excluding carboxylic acids is 1. The van der Waals surface area contributed by atoms with Crippen LogP contribution in [0.25, 0.3) is 0 Å². The van der Waals surface area contributed by atoms with Gasteiger partial charge in [0.25, 0.3) is 0 Å². The van der Waals surface area contributed by atoms with Gasteiger partial charge >= 0.3 is 5.97 Å². The van der Waals surface area contributed by atoms with Gasteiger partial charge in [-0.3, -0.25) is 9.59 Å². The lowest BCUT2D eigenvalue weighted by atomic mass is 10.0. The van der Waals surface area contributed by atoms with Crippen molar-refractivity contribution in [2.75, 3.05) is 13.1 Å². The van der Waals surface area contributed by atoms with E-state index in [2.05, 4.69) is 10.6 Å². The van der Waals surface area contributed by atoms with E-state index < -0.39 is 5.97 Å². The highest BCUT2D eigenvalue weighted by atomic mass is 16.4. The summed E-state index contributed by atoms with van der Waals surface area (Å²) in [5.41, 5.74) is 0. The topological polar surface area (TPSA) is 78.4 Å². The predicted octanol–water partition coefficient (Wildman–Crippen LogP) is -0.425. The molecule has 1 amide bonds. The summed E-state index contributed by atoms with van der Waals surface area (Å²) < 4.78 is 0. The number of carboxylic acids is 1. The van der Waals surface area contributed by atoms with Gasteiger partial charge in [0.2, 0.25) is 5.91 Å². The van der Waals surface area contributed by atoms with E-state index in [4.69, 9.17) is 5.11 Å². The van der Waals surface area contributed by atoms with Crippen molar-refractivity contribution in [2.24, 2.45) is 5.92 Å². The zero-order valence-corrected chi connectivity index (χ0v) is 8.25. The summed E-state index contributed by atoms with van der Waals surface area (Å²) in [5.74, 6) is -0.645. The number of nitrogens with one attached hydrogen (secondary N) is 2. The van der Waals surface area contributed by atoms with Crippen LogP contribution in [-0.2, 0) is 9.59 Å². The minimum atomic E-state index is -0.891. The summed E-state index contributed by atoms with van der Waals surface area (Å²) >= 11 is 0. The zero-order chi connectivity index (χ0) is 10.6. The van der Waals surface area contributed by atoms with Gasteiger partial charge in [-0.25, -0.2) is 0 Å². The molecule has 0 aromatic heterocycles. The minimum Gasteiger partial charge on any atom is -0.481 e. The Morgan fingerprint density at radius 3 is 2.79 bits per heavy atom. The lowest BCUT2D eigenvalue weighted by Gasteiger charge is -2.14. The Morgan fingerprint density at radius 2 is 2.29 bits per heavy atom. The van der Waals surface area contributed by atoms with Gasteiger partial charge in [-0.1, -0.05) is 6.92 Å². The van der Waals surface area contributed by atoms with Crippen molar-refractivity contribution in [1.82, 2.24) is 10.6 Å². The van der Waals surface area contributed by atoms with E-state index in [0.29, 0.717) is 5.92 Å². The average Bonchev–Trinajstić information content (AvgIpc) is 2.50. The first-order valence-corrected chi connectivity index (χ1v) is 4.84. The fraction of sp³-hybridized carbons (Fsp3) is 0.778. The molecule has 0 aromatic carbocycles. The molecule has 1 aliphatic heterocycles. The maximum Gasteiger partial charge on any atom is 0.305 e. The number of aliphatic carboxylic acids is 1. The maximum atomic E-state index is 11.5. The number of carbonyl (C=O) groups is 2. The van der Waals surface area contributed by atoms with Crippen molar-refractivity contribution in [3.05, 3.63) is 0 Å². The number of hydrogen-bond donors (Lipinski definition) is 3. The number of carboxylic acid groups (broad SMARTS) is 1. The molecule has 0 aromatic rings. The molecule has 3 N–H and O–H groups in total. The average molecular weight is 200 g/mol. The smallest absolute Gasteiger partial charge is 0.305 e. The molecule has 0 bridgehead atoms. The van der Waals surface area contributed by atoms with E-state index in [9.17, 15) is 9.59 Å². The molecule has 1 rings (SSSR count). The second-order valence-corrected chi connectivity index (χ2v) is 3.63. The first-order valence-electron chi connectivity index (χ1n) is 4.84. The van der Waals surface area contributed by atoms with Crippen molar-refractivity contribution < 1.29 is 14.7 Å². The number of amides is 1. The van der Waals surface area contributed by atoms with E-state index in [1.54, 1.807) is 0 Å². The molecule has 80 valence electrons. The Morgan fingerprint density at radius 1 is 1.57 bits per heavy atom. The van der Waals surface area contributed by atoms with Crippen LogP contribution in [0.2, 0.25) is 0 Å². The number of hydrogen-bond acceptors (Lipinski definition) is 3. The molecular weight excluding hydrogens is 184 g/mol. The minimum absolute atomic E-state index is 0.0210. The van der Waals surface area contributed by atoms with Gasteiger partial charge in [-0.15, -0.1) is 0 Å². The second kappa shape index (κ2) is 4.95. The highest BCUT2D eigenvalue weighted by molar-refractivity contribution is 5.82. The third-order valence-electron chi connectivity index (χ3n) is 2.45. The van der Waals surface area contributed by atoms with Gasteiger partial charge in [0.15, 0.2) is 0 Å². The fourth-order valence-electron chi connectivity index (χ4n) is 1.59. The molecule has 0 spiro atoms. The summed E-state index contributed by atoms with van der Waals surface area (Å²) in [6.45, 7) is 3.08. The van der Waals surface area contributed by atoms with E-state index in [1.807, 2.05) is 6.92 Å². The molecule has 2 atom stereocenters. The summed E-state index contributed by atoms with van der Waals surface area (Å²) in [5, 5.41) is 14.1. The standard InChI is InChI=1S/C9H16N2O3/c1-6-2-4-10-8(6)9(14)11-5-3-7(12)13/h6,8,10H,2-5H2,1H3,(H,11,14)(H,12,13). The van der Waals surface area contributed by atoms with Crippen molar-refractivity contribution in [2.45, 2.75) is 25.8 Å². The van der Waals surface area contributed by atoms with Crippen LogP contribution in [-0.4, -0.2) is 36.1 Å². The Hall–Kier alpha value is -1.10. The summed E-state index contributed by atoms with van der Waals surface area (Å²) in [7, 11) is 0. The Kier molecular flexibility index (Phi) is 3.88. The first-order chi connectivity index (χ1) is 6.61. The maximum absolute atomic E-state index is 11.5. The summed E-state index contributed by atoms with van der Waals surface area (Å²) in [6.07, 6.45) is 0.976. The molecule has 1 aliphatic rings. The normalized spacial score (nSPS) is 26.1. The van der Waals surface area contributed by atoms with Crippen LogP contribution >= 0.6 is 0 Å². The Balaban J connectivity index is 2.24. The largest absolute Gasteiger partial charge is 0.481 e. The third-order valence-corrected chi connectivity index (χ3v) is 2.45. The van der Waals surface area contributed by atoms with Gasteiger partial charge in [0, 0.05) is 6.54 Å². The molecule has 0 saturated carbocycles. The third kappa shape index (κ3) is 2.99.